The van der Waals surface area contributed by atoms with E-state index in [1.807, 2.05) is 0 Å². The minimum atomic E-state index is 0.506. The predicted molar refractivity (Wildman–Crippen MR) is 42.5 cm³/mol. The van der Waals surface area contributed by atoms with Crippen molar-refractivity contribution in [3.63, 3.8) is 0 Å². The highest BCUT2D eigenvalue weighted by Crippen LogP contribution is 2.50. The summed E-state index contributed by atoms with van der Waals surface area (Å²) in [7, 11) is 0. The summed E-state index contributed by atoms with van der Waals surface area (Å²) < 4.78 is 7.16. The maximum atomic E-state index is 7.16. The topological polar surface area (TPSA) is 26.0 Å². The first-order valence-corrected chi connectivity index (χ1v) is 4.41. The van der Waals surface area contributed by atoms with Crippen LogP contribution in [0.3, 0.4) is 0 Å². The Kier molecular flexibility index (Phi) is 1.10. The molecule has 2 aliphatic carbocycles. The molecular weight excluding hydrogens is 122 g/mol. The average molecular weight is 141 g/mol. The lowest BCUT2D eigenvalue weighted by atomic mass is 9.79. The third-order valence-corrected chi connectivity index (χ3v) is 3.90. The van der Waals surface area contributed by atoms with Crippen LogP contribution in [0.25, 0.3) is 0 Å². The third kappa shape index (κ3) is 0.672. The van der Waals surface area contributed by atoms with Crippen molar-refractivity contribution in [3.05, 3.63) is 0 Å². The Morgan fingerprint density at radius 2 is 2.10 bits per heavy atom. The standard InChI is InChI=1S/C9H17N/c1-5-6(2)8-3-7(5)4-9(8)10/h5-9H,3-4,10H2,1-2H3/t5-,6+,7?,8?,9-/m1/s1/i/hT. The summed E-state index contributed by atoms with van der Waals surface area (Å²) in [5.41, 5.74) is 2.70. The second-order valence-corrected chi connectivity index (χ2v) is 4.22. The van der Waals surface area contributed by atoms with Crippen LogP contribution in [0.1, 0.15) is 26.7 Å². The first-order valence-electron chi connectivity index (χ1n) is 4.91. The van der Waals surface area contributed by atoms with Gasteiger partial charge in [0.15, 0.2) is 0 Å². The quantitative estimate of drug-likeness (QED) is 0.590. The van der Waals surface area contributed by atoms with E-state index < -0.39 is 0 Å². The van der Waals surface area contributed by atoms with E-state index in [1.165, 1.54) is 12.8 Å². The molecular formula is C9H17N. The average Bonchev–Trinajstić information content (AvgIpc) is 2.53. The van der Waals surface area contributed by atoms with Gasteiger partial charge in [0.25, 0.3) is 0 Å². The van der Waals surface area contributed by atoms with Crippen molar-refractivity contribution in [2.24, 2.45) is 29.4 Å². The van der Waals surface area contributed by atoms with Gasteiger partial charge in [-0.3, -0.25) is 0 Å². The van der Waals surface area contributed by atoms with Crippen LogP contribution >= 0.6 is 0 Å². The fourth-order valence-electron chi connectivity index (χ4n) is 2.94. The van der Waals surface area contributed by atoms with Crippen LogP contribution in [0.5, 0.6) is 0 Å². The normalized spacial score (nSPS) is 61.0. The van der Waals surface area contributed by atoms with Gasteiger partial charge in [-0.1, -0.05) is 13.8 Å². The SMILES string of the molecule is [3H]N[C@@H]1CC2CC1[C@@H](C)[C@H]2C. The Labute approximate surface area is 64.5 Å². The summed E-state index contributed by atoms with van der Waals surface area (Å²) in [5, 5.41) is 0. The molecule has 58 valence electrons. The van der Waals surface area contributed by atoms with Crippen molar-refractivity contribution in [1.82, 2.24) is 0 Å². The van der Waals surface area contributed by atoms with Crippen LogP contribution in [-0.4, -0.2) is 6.04 Å². The number of rotatable bonds is 1. The molecule has 0 heterocycles. The molecule has 2 fully saturated rings. The minimum absolute atomic E-state index is 0.506. The molecule has 0 radical (unpaired) electrons. The molecule has 2 N–H and O–H groups in total. The monoisotopic (exact) mass is 141 g/mol. The third-order valence-electron chi connectivity index (χ3n) is 3.90. The lowest BCUT2D eigenvalue weighted by Crippen LogP contribution is -2.34. The molecule has 0 spiro atoms. The van der Waals surface area contributed by atoms with E-state index in [-0.39, 0.29) is 0 Å². The van der Waals surface area contributed by atoms with Gasteiger partial charge in [-0.2, -0.15) is 0 Å². The second-order valence-electron chi connectivity index (χ2n) is 4.22. The summed E-state index contributed by atoms with van der Waals surface area (Å²) in [5.74, 6) is 3.46. The van der Waals surface area contributed by atoms with E-state index in [0.29, 0.717) is 6.04 Å². The molecule has 0 amide bonds. The van der Waals surface area contributed by atoms with Gasteiger partial charge in [0.2, 0.25) is 0 Å². The largest absolute Gasteiger partial charge is 0.327 e. The molecule has 2 unspecified atom stereocenters. The molecule has 2 bridgehead atoms. The Hall–Kier alpha value is -0.0400. The van der Waals surface area contributed by atoms with Crippen LogP contribution in [-0.2, 0) is 0 Å². The molecule has 10 heavy (non-hydrogen) atoms. The maximum Gasteiger partial charge on any atom is 0.119 e. The van der Waals surface area contributed by atoms with Crippen molar-refractivity contribution in [2.45, 2.75) is 32.7 Å². The minimum Gasteiger partial charge on any atom is -0.327 e. The van der Waals surface area contributed by atoms with Crippen molar-refractivity contribution in [3.8, 4) is 0 Å². The summed E-state index contributed by atoms with van der Waals surface area (Å²) in [6.07, 6.45) is 2.62. The van der Waals surface area contributed by atoms with E-state index in [4.69, 9.17) is 1.41 Å². The highest BCUT2D eigenvalue weighted by molar-refractivity contribution is 4.99. The van der Waals surface area contributed by atoms with Gasteiger partial charge in [-0.15, -0.1) is 0 Å². The van der Waals surface area contributed by atoms with Crippen LogP contribution in [0.15, 0.2) is 0 Å². The molecule has 1 heteroatoms. The van der Waals surface area contributed by atoms with Crippen molar-refractivity contribution in [2.75, 3.05) is 0 Å². The highest BCUT2D eigenvalue weighted by Gasteiger charge is 2.46. The zero-order valence-electron chi connectivity index (χ0n) is 7.80. The van der Waals surface area contributed by atoms with Gasteiger partial charge in [0.1, 0.15) is 1.41 Å². The molecule has 0 aromatic rings. The Morgan fingerprint density at radius 1 is 1.30 bits per heavy atom. The van der Waals surface area contributed by atoms with Gasteiger partial charge in [0, 0.05) is 6.04 Å². The fraction of sp³-hybridized carbons (Fsp3) is 1.00. The first-order chi connectivity index (χ1) is 5.24. The van der Waals surface area contributed by atoms with Gasteiger partial charge in [0.05, 0.1) is 0 Å². The molecule has 5 atom stereocenters. The van der Waals surface area contributed by atoms with Gasteiger partial charge in [-0.25, -0.2) is 0 Å². The smallest absolute Gasteiger partial charge is 0.119 e. The molecule has 0 saturated heterocycles. The van der Waals surface area contributed by atoms with Crippen LogP contribution in [0.4, 0.5) is 0 Å². The van der Waals surface area contributed by atoms with E-state index in [2.05, 4.69) is 19.6 Å². The molecule has 2 aliphatic rings. The summed E-state index contributed by atoms with van der Waals surface area (Å²) >= 11 is 0. The predicted octanol–water partition coefficient (Wildman–Crippen LogP) is 1.63. The maximum absolute atomic E-state index is 7.16. The zero-order chi connectivity index (χ0) is 8.01. The fourth-order valence-corrected chi connectivity index (χ4v) is 2.94. The molecule has 2 saturated carbocycles. The Bertz CT molecular complexity index is 154. The van der Waals surface area contributed by atoms with E-state index in [1.54, 1.807) is 0 Å². The van der Waals surface area contributed by atoms with E-state index >= 15 is 0 Å². The van der Waals surface area contributed by atoms with Crippen LogP contribution in [0, 0.1) is 23.7 Å². The second kappa shape index (κ2) is 1.97. The van der Waals surface area contributed by atoms with Crippen molar-refractivity contribution < 1.29 is 1.41 Å². The lowest BCUT2D eigenvalue weighted by molar-refractivity contribution is 0.234. The Balaban J connectivity index is 2.10. The van der Waals surface area contributed by atoms with Gasteiger partial charge >= 0.3 is 0 Å². The van der Waals surface area contributed by atoms with Gasteiger partial charge < -0.3 is 5.73 Å². The molecule has 0 aromatic carbocycles. The van der Waals surface area contributed by atoms with E-state index in [9.17, 15) is 0 Å². The van der Waals surface area contributed by atoms with E-state index in [0.717, 1.165) is 23.7 Å². The highest BCUT2D eigenvalue weighted by atomic mass is 14.7. The van der Waals surface area contributed by atoms with Crippen LogP contribution < -0.4 is 5.73 Å². The first kappa shape index (κ1) is 5.59. The van der Waals surface area contributed by atoms with Crippen LogP contribution in [0.2, 0.25) is 1.41 Å². The zero-order valence-corrected chi connectivity index (χ0v) is 6.80. The van der Waals surface area contributed by atoms with Crippen molar-refractivity contribution >= 4 is 0 Å². The van der Waals surface area contributed by atoms with Crippen molar-refractivity contribution in [1.29, 1.82) is 0 Å². The Morgan fingerprint density at radius 3 is 2.60 bits per heavy atom. The number of fused-ring (bicyclic) bond motifs is 2. The molecule has 1 nitrogen and oxygen atoms in total. The number of nitrogens with two attached hydrogens (primary N) is 1. The summed E-state index contributed by atoms with van der Waals surface area (Å²) in [6, 6.07) is 0.506. The summed E-state index contributed by atoms with van der Waals surface area (Å²) in [6.45, 7) is 4.72. The molecule has 0 aromatic heterocycles. The molecule has 0 aliphatic heterocycles. The molecule has 2 rings (SSSR count). The summed E-state index contributed by atoms with van der Waals surface area (Å²) in [4.78, 5) is 0. The number of hydrogen-bond acceptors (Lipinski definition) is 1. The number of hydrogen-bond donors (Lipinski definition) is 1. The van der Waals surface area contributed by atoms with Gasteiger partial charge in [-0.05, 0) is 36.5 Å². The lowest BCUT2D eigenvalue weighted by Gasteiger charge is -2.29.